The molecule has 2 atom stereocenters. The van der Waals surface area contributed by atoms with E-state index < -0.39 is 0 Å². The van der Waals surface area contributed by atoms with E-state index in [1.165, 1.54) is 12.8 Å². The molecule has 2 rings (SSSR count). The van der Waals surface area contributed by atoms with Crippen molar-refractivity contribution in [1.29, 1.82) is 0 Å². The van der Waals surface area contributed by atoms with Crippen molar-refractivity contribution in [3.8, 4) is 0 Å². The molecule has 1 aliphatic heterocycles. The molecular formula is C14H27NO2. The Morgan fingerprint density at radius 1 is 1.06 bits per heavy atom. The summed E-state index contributed by atoms with van der Waals surface area (Å²) in [4.78, 5) is 0. The highest BCUT2D eigenvalue weighted by Gasteiger charge is 2.25. The summed E-state index contributed by atoms with van der Waals surface area (Å²) in [5.41, 5.74) is 0. The summed E-state index contributed by atoms with van der Waals surface area (Å²) in [5.74, 6) is 0.770. The summed E-state index contributed by atoms with van der Waals surface area (Å²) in [7, 11) is 0. The zero-order valence-corrected chi connectivity index (χ0v) is 11.2. The van der Waals surface area contributed by atoms with Crippen LogP contribution in [0.4, 0.5) is 0 Å². The van der Waals surface area contributed by atoms with E-state index in [0.717, 1.165) is 38.1 Å². The van der Waals surface area contributed by atoms with Gasteiger partial charge in [-0.05, 0) is 64.8 Å². The van der Waals surface area contributed by atoms with Gasteiger partial charge in [-0.15, -0.1) is 0 Å². The molecule has 17 heavy (non-hydrogen) atoms. The first-order valence-electron chi connectivity index (χ1n) is 7.20. The van der Waals surface area contributed by atoms with E-state index in [1.807, 2.05) is 0 Å². The summed E-state index contributed by atoms with van der Waals surface area (Å²) in [6.45, 7) is 5.46. The van der Waals surface area contributed by atoms with E-state index in [-0.39, 0.29) is 6.10 Å². The number of ether oxygens (including phenoxy) is 1. The molecule has 2 unspecified atom stereocenters. The van der Waals surface area contributed by atoms with Crippen LogP contribution in [0.5, 0.6) is 0 Å². The molecule has 3 nitrogen and oxygen atoms in total. The van der Waals surface area contributed by atoms with E-state index in [0.29, 0.717) is 18.2 Å². The number of aliphatic hydroxyl groups is 1. The molecule has 3 heteroatoms. The van der Waals surface area contributed by atoms with Crippen molar-refractivity contribution >= 4 is 0 Å². The highest BCUT2D eigenvalue weighted by Crippen LogP contribution is 2.25. The largest absolute Gasteiger partial charge is 0.393 e. The Balaban J connectivity index is 1.67. The molecule has 0 amide bonds. The third kappa shape index (κ3) is 4.23. The van der Waals surface area contributed by atoms with Gasteiger partial charge in [0, 0.05) is 6.04 Å². The molecular weight excluding hydrogens is 214 g/mol. The lowest BCUT2D eigenvalue weighted by Gasteiger charge is -2.34. The van der Waals surface area contributed by atoms with Gasteiger partial charge in [0.25, 0.3) is 0 Å². The predicted octanol–water partition coefficient (Wildman–Crippen LogP) is 2.08. The maximum absolute atomic E-state index is 9.48. The van der Waals surface area contributed by atoms with E-state index in [9.17, 15) is 5.11 Å². The quantitative estimate of drug-likeness (QED) is 0.795. The zero-order valence-electron chi connectivity index (χ0n) is 11.2. The number of hydrogen-bond acceptors (Lipinski definition) is 3. The molecule has 0 aromatic rings. The summed E-state index contributed by atoms with van der Waals surface area (Å²) in [6, 6.07) is 0.626. The van der Waals surface area contributed by atoms with E-state index in [4.69, 9.17) is 4.74 Å². The molecule has 1 saturated heterocycles. The minimum atomic E-state index is -0.0330. The van der Waals surface area contributed by atoms with Gasteiger partial charge in [-0.3, -0.25) is 0 Å². The van der Waals surface area contributed by atoms with Crippen molar-refractivity contribution in [1.82, 2.24) is 5.32 Å². The molecule has 1 saturated carbocycles. The molecule has 0 radical (unpaired) electrons. The van der Waals surface area contributed by atoms with Crippen molar-refractivity contribution in [2.45, 2.75) is 76.7 Å². The molecule has 1 aliphatic carbocycles. The fraction of sp³-hybridized carbons (Fsp3) is 1.00. The lowest BCUT2D eigenvalue weighted by Crippen LogP contribution is -2.43. The summed E-state index contributed by atoms with van der Waals surface area (Å²) >= 11 is 0. The topological polar surface area (TPSA) is 41.5 Å². The second-order valence-corrected chi connectivity index (χ2v) is 6.01. The van der Waals surface area contributed by atoms with Gasteiger partial charge >= 0.3 is 0 Å². The molecule has 1 heterocycles. The molecule has 2 N–H and O–H groups in total. The van der Waals surface area contributed by atoms with Gasteiger partial charge in [-0.2, -0.15) is 0 Å². The zero-order chi connectivity index (χ0) is 12.3. The molecule has 2 fully saturated rings. The van der Waals surface area contributed by atoms with Crippen molar-refractivity contribution < 1.29 is 9.84 Å². The van der Waals surface area contributed by atoms with Crippen LogP contribution in [0.2, 0.25) is 0 Å². The van der Waals surface area contributed by atoms with Gasteiger partial charge in [0.2, 0.25) is 0 Å². The van der Waals surface area contributed by atoms with Crippen LogP contribution in [0.1, 0.15) is 52.4 Å². The number of rotatable bonds is 3. The molecule has 0 spiro atoms. The monoisotopic (exact) mass is 241 g/mol. The maximum Gasteiger partial charge on any atom is 0.0565 e. The smallest absolute Gasteiger partial charge is 0.0565 e. The average molecular weight is 241 g/mol. The Hall–Kier alpha value is -0.120. The third-order valence-electron chi connectivity index (χ3n) is 4.21. The minimum Gasteiger partial charge on any atom is -0.393 e. The van der Waals surface area contributed by atoms with Crippen LogP contribution in [0.15, 0.2) is 0 Å². The Morgan fingerprint density at radius 3 is 2.24 bits per heavy atom. The molecule has 100 valence electrons. The van der Waals surface area contributed by atoms with Gasteiger partial charge in [0.1, 0.15) is 0 Å². The normalized spacial score (nSPS) is 43.6. The highest BCUT2D eigenvalue weighted by molar-refractivity contribution is 4.81. The van der Waals surface area contributed by atoms with Crippen molar-refractivity contribution in [3.63, 3.8) is 0 Å². The van der Waals surface area contributed by atoms with E-state index >= 15 is 0 Å². The lowest BCUT2D eigenvalue weighted by atomic mass is 9.87. The highest BCUT2D eigenvalue weighted by atomic mass is 16.5. The Bertz CT molecular complexity index is 216. The standard InChI is InChI=1S/C14H27NO2/c1-10-7-13(8-11(2)17-10)15-9-12-3-5-14(16)6-4-12/h10-16H,3-9H2,1-2H3. The summed E-state index contributed by atoms with van der Waals surface area (Å²) in [5, 5.41) is 13.2. The molecule has 0 aromatic heterocycles. The van der Waals surface area contributed by atoms with Crippen molar-refractivity contribution in [2.24, 2.45) is 5.92 Å². The van der Waals surface area contributed by atoms with Gasteiger partial charge in [-0.1, -0.05) is 0 Å². The van der Waals surface area contributed by atoms with Crippen molar-refractivity contribution in [2.75, 3.05) is 6.54 Å². The van der Waals surface area contributed by atoms with E-state index in [1.54, 1.807) is 0 Å². The second kappa shape index (κ2) is 6.17. The Morgan fingerprint density at radius 2 is 1.65 bits per heavy atom. The van der Waals surface area contributed by atoms with Gasteiger partial charge in [-0.25, -0.2) is 0 Å². The van der Waals surface area contributed by atoms with Crippen LogP contribution < -0.4 is 5.32 Å². The Labute approximate surface area is 105 Å². The first kappa shape index (κ1) is 13.3. The first-order chi connectivity index (χ1) is 8.13. The van der Waals surface area contributed by atoms with Gasteiger partial charge in [0.05, 0.1) is 18.3 Å². The van der Waals surface area contributed by atoms with Crippen LogP contribution in [0, 0.1) is 5.92 Å². The number of hydrogen-bond donors (Lipinski definition) is 2. The predicted molar refractivity (Wildman–Crippen MR) is 69.0 cm³/mol. The van der Waals surface area contributed by atoms with Crippen LogP contribution in [-0.4, -0.2) is 36.0 Å². The van der Waals surface area contributed by atoms with E-state index in [2.05, 4.69) is 19.2 Å². The second-order valence-electron chi connectivity index (χ2n) is 6.01. The first-order valence-corrected chi connectivity index (χ1v) is 7.20. The van der Waals surface area contributed by atoms with Crippen molar-refractivity contribution in [3.05, 3.63) is 0 Å². The van der Waals surface area contributed by atoms with Crippen LogP contribution in [-0.2, 0) is 4.74 Å². The Kier molecular flexibility index (Phi) is 4.83. The maximum atomic E-state index is 9.48. The van der Waals surface area contributed by atoms with Crippen LogP contribution >= 0.6 is 0 Å². The van der Waals surface area contributed by atoms with Gasteiger partial charge in [0.15, 0.2) is 0 Å². The fourth-order valence-corrected chi connectivity index (χ4v) is 3.25. The SMILES string of the molecule is CC1CC(NCC2CCC(O)CC2)CC(C)O1. The molecule has 0 aromatic carbocycles. The van der Waals surface area contributed by atoms with Crippen LogP contribution in [0.3, 0.4) is 0 Å². The summed E-state index contributed by atoms with van der Waals surface area (Å²) < 4.78 is 5.75. The minimum absolute atomic E-state index is 0.0330. The average Bonchev–Trinajstić information content (AvgIpc) is 2.27. The molecule has 0 bridgehead atoms. The fourth-order valence-electron chi connectivity index (χ4n) is 3.25. The van der Waals surface area contributed by atoms with Gasteiger partial charge < -0.3 is 15.2 Å². The number of aliphatic hydroxyl groups excluding tert-OH is 1. The van der Waals surface area contributed by atoms with Crippen LogP contribution in [0.25, 0.3) is 0 Å². The third-order valence-corrected chi connectivity index (χ3v) is 4.21. The summed E-state index contributed by atoms with van der Waals surface area (Å²) in [6.07, 6.45) is 7.38. The molecule has 2 aliphatic rings. The lowest BCUT2D eigenvalue weighted by molar-refractivity contribution is -0.0427. The number of nitrogens with one attached hydrogen (secondary N) is 1.